The van der Waals surface area contributed by atoms with Crippen molar-refractivity contribution in [3.63, 3.8) is 0 Å². The Hall–Kier alpha value is -5.01. The van der Waals surface area contributed by atoms with Crippen LogP contribution in [-0.2, 0) is 11.2 Å². The van der Waals surface area contributed by atoms with E-state index < -0.39 is 23.0 Å². The lowest BCUT2D eigenvalue weighted by Gasteiger charge is -2.29. The zero-order valence-corrected chi connectivity index (χ0v) is 23.4. The summed E-state index contributed by atoms with van der Waals surface area (Å²) in [6, 6.07) is 11.8. The van der Waals surface area contributed by atoms with E-state index in [0.717, 1.165) is 17.5 Å². The topological polar surface area (TPSA) is 144 Å². The Morgan fingerprint density at radius 2 is 1.89 bits per heavy atom. The summed E-state index contributed by atoms with van der Waals surface area (Å²) in [5.41, 5.74) is 0.245. The molecule has 0 radical (unpaired) electrons. The number of Topliss-reactive ketones (excluding diaryl/α,β-unsaturated/α-hetero) is 1. The Balaban J connectivity index is 1.20. The molecule has 0 spiro atoms. The second-order valence-electron chi connectivity index (χ2n) is 10.4. The fraction of sp³-hybridized carbons (Fsp3) is 0.258. The first-order valence-corrected chi connectivity index (χ1v) is 14.0. The smallest absolute Gasteiger partial charge is 0.282 e. The number of aromatic nitrogens is 5. The van der Waals surface area contributed by atoms with E-state index in [1.165, 1.54) is 60.9 Å². The molecule has 13 heteroatoms. The Bertz CT molecular complexity index is 1850. The summed E-state index contributed by atoms with van der Waals surface area (Å²) in [6.07, 6.45) is 4.15. The van der Waals surface area contributed by atoms with Crippen molar-refractivity contribution in [3.8, 4) is 17.2 Å². The average Bonchev–Trinajstić information content (AvgIpc) is 3.46. The number of H-pyrrole nitrogens is 1. The predicted molar refractivity (Wildman–Crippen MR) is 156 cm³/mol. The van der Waals surface area contributed by atoms with Crippen LogP contribution in [0, 0.1) is 17.6 Å². The first-order chi connectivity index (χ1) is 21.4. The maximum Gasteiger partial charge on any atom is 0.282 e. The van der Waals surface area contributed by atoms with Crippen molar-refractivity contribution >= 4 is 22.6 Å². The molecule has 1 atom stereocenters. The highest BCUT2D eigenvalue weighted by Crippen LogP contribution is 2.35. The number of nitrogens with one attached hydrogen (secondary N) is 2. The number of benzene rings is 2. The molecule has 11 nitrogen and oxygen atoms in total. The van der Waals surface area contributed by atoms with Gasteiger partial charge in [0.25, 0.3) is 5.56 Å². The van der Waals surface area contributed by atoms with Crippen LogP contribution < -0.4 is 15.6 Å². The van der Waals surface area contributed by atoms with Gasteiger partial charge in [0, 0.05) is 38.1 Å². The number of hydrogen-bond acceptors (Lipinski definition) is 9. The van der Waals surface area contributed by atoms with Crippen molar-refractivity contribution in [1.29, 1.82) is 0 Å². The quantitative estimate of drug-likeness (QED) is 0.200. The Kier molecular flexibility index (Phi) is 8.39. The van der Waals surface area contributed by atoms with Gasteiger partial charge in [-0.1, -0.05) is 6.07 Å². The highest BCUT2D eigenvalue weighted by molar-refractivity contribution is 5.97. The fourth-order valence-electron chi connectivity index (χ4n) is 5.25. The molecule has 226 valence electrons. The molecule has 3 N–H and O–H groups in total. The van der Waals surface area contributed by atoms with Crippen LogP contribution >= 0.6 is 0 Å². The highest BCUT2D eigenvalue weighted by Gasteiger charge is 2.26. The van der Waals surface area contributed by atoms with Gasteiger partial charge in [-0.2, -0.15) is 14.9 Å². The minimum Gasteiger partial charge on any atom is -0.453 e. The van der Waals surface area contributed by atoms with Crippen LogP contribution in [0.3, 0.4) is 0 Å². The van der Waals surface area contributed by atoms with E-state index >= 15 is 4.39 Å². The Labute approximate surface area is 249 Å². The molecule has 1 saturated heterocycles. The molecule has 1 aliphatic rings. The molecule has 6 rings (SSSR count). The molecule has 0 amide bonds. The molecule has 1 fully saturated rings. The van der Waals surface area contributed by atoms with Crippen LogP contribution in [0.25, 0.3) is 16.7 Å². The first kappa shape index (κ1) is 29.1. The van der Waals surface area contributed by atoms with Gasteiger partial charge in [0.05, 0.1) is 23.9 Å². The highest BCUT2D eigenvalue weighted by atomic mass is 19.1. The molecule has 0 saturated carbocycles. The number of anilines is 1. The standard InChI is InChI=1S/C31H28F2N6O5/c32-20-2-4-21(5-3-20)39-31(42)22(7-12-35-39)25(41)16-18-1-6-26(23(33)15-18)44-27-8-11-34-29-28(27)30(38-37-29)36-24(17-40)19-9-13-43-14-10-19/h1-8,11-12,15,19,24,40H,9-10,13-14,16-17H2,(H2,34,36,37,38). The largest absolute Gasteiger partial charge is 0.453 e. The molecule has 1 aliphatic heterocycles. The number of aromatic amines is 1. The average molecular weight is 603 g/mol. The van der Waals surface area contributed by atoms with Crippen molar-refractivity contribution in [2.45, 2.75) is 25.3 Å². The Morgan fingerprint density at radius 1 is 1.09 bits per heavy atom. The van der Waals surface area contributed by atoms with Crippen LogP contribution in [0.1, 0.15) is 28.8 Å². The summed E-state index contributed by atoms with van der Waals surface area (Å²) in [5.74, 6) is -0.921. The fourth-order valence-corrected chi connectivity index (χ4v) is 5.25. The molecule has 44 heavy (non-hydrogen) atoms. The van der Waals surface area contributed by atoms with Crippen LogP contribution in [0.5, 0.6) is 11.5 Å². The number of aliphatic hydroxyl groups is 1. The van der Waals surface area contributed by atoms with E-state index in [1.54, 1.807) is 6.07 Å². The Morgan fingerprint density at radius 3 is 2.64 bits per heavy atom. The van der Waals surface area contributed by atoms with Crippen LogP contribution in [-0.4, -0.2) is 61.7 Å². The molecule has 4 heterocycles. The number of aliphatic hydroxyl groups excluding tert-OH is 1. The van der Waals surface area contributed by atoms with E-state index in [1.807, 2.05) is 0 Å². The maximum atomic E-state index is 15.3. The number of carbonyl (C=O) groups is 1. The summed E-state index contributed by atoms with van der Waals surface area (Å²) in [4.78, 5) is 30.3. The third-order valence-corrected chi connectivity index (χ3v) is 7.58. The number of fused-ring (bicyclic) bond motifs is 1. The monoisotopic (exact) mass is 602 g/mol. The number of rotatable bonds is 10. The number of carbonyl (C=O) groups excluding carboxylic acids is 1. The number of hydrogen-bond donors (Lipinski definition) is 3. The molecular weight excluding hydrogens is 574 g/mol. The molecular formula is C31H28F2N6O5. The van der Waals surface area contributed by atoms with Crippen molar-refractivity contribution in [2.24, 2.45) is 5.92 Å². The minimum atomic E-state index is -0.716. The first-order valence-electron chi connectivity index (χ1n) is 14.0. The number of ketones is 1. The zero-order valence-electron chi connectivity index (χ0n) is 23.4. The second-order valence-corrected chi connectivity index (χ2v) is 10.4. The van der Waals surface area contributed by atoms with Gasteiger partial charge in [-0.15, -0.1) is 0 Å². The van der Waals surface area contributed by atoms with Crippen molar-refractivity contribution in [2.75, 3.05) is 25.1 Å². The third-order valence-electron chi connectivity index (χ3n) is 7.58. The van der Waals surface area contributed by atoms with Gasteiger partial charge in [-0.25, -0.2) is 13.8 Å². The number of ether oxygens (including phenoxy) is 2. The summed E-state index contributed by atoms with van der Waals surface area (Å²) >= 11 is 0. The molecule has 2 aromatic carbocycles. The summed E-state index contributed by atoms with van der Waals surface area (Å²) < 4.78 is 41.0. The lowest BCUT2D eigenvalue weighted by atomic mass is 9.92. The zero-order chi connectivity index (χ0) is 30.6. The van der Waals surface area contributed by atoms with Gasteiger partial charge in [0.15, 0.2) is 28.8 Å². The molecule has 0 aliphatic carbocycles. The molecule has 0 bridgehead atoms. The summed E-state index contributed by atoms with van der Waals surface area (Å²) in [7, 11) is 0. The SMILES string of the molecule is O=C(Cc1ccc(Oc2ccnc3[nH]nc(NC(CO)C4CCOCC4)c23)c(F)c1)c1ccnn(-c2ccc(F)cc2)c1=O. The number of pyridine rings is 1. The molecule has 5 aromatic rings. The van der Waals surface area contributed by atoms with Gasteiger partial charge in [0.2, 0.25) is 0 Å². The predicted octanol–water partition coefficient (Wildman–Crippen LogP) is 4.20. The van der Waals surface area contributed by atoms with Crippen molar-refractivity contribution in [1.82, 2.24) is 25.0 Å². The lowest BCUT2D eigenvalue weighted by molar-refractivity contribution is 0.0533. The summed E-state index contributed by atoms with van der Waals surface area (Å²) in [5, 5.41) is 25.0. The van der Waals surface area contributed by atoms with Gasteiger partial charge in [0.1, 0.15) is 17.0 Å². The van der Waals surface area contributed by atoms with Crippen molar-refractivity contribution < 1.29 is 28.2 Å². The lowest BCUT2D eigenvalue weighted by Crippen LogP contribution is -2.36. The van der Waals surface area contributed by atoms with E-state index in [-0.39, 0.29) is 42.0 Å². The van der Waals surface area contributed by atoms with E-state index in [9.17, 15) is 19.1 Å². The van der Waals surface area contributed by atoms with Gasteiger partial charge < -0.3 is 19.9 Å². The van der Waals surface area contributed by atoms with Crippen molar-refractivity contribution in [3.05, 3.63) is 100 Å². The number of nitrogens with zero attached hydrogens (tertiary/aromatic N) is 4. The minimum absolute atomic E-state index is 0.0911. The van der Waals surface area contributed by atoms with Gasteiger partial charge in [-0.3, -0.25) is 14.7 Å². The molecule has 3 aromatic heterocycles. The van der Waals surface area contributed by atoms with Crippen LogP contribution in [0.4, 0.5) is 14.6 Å². The summed E-state index contributed by atoms with van der Waals surface area (Å²) in [6.45, 7) is 1.14. The normalized spacial score (nSPS) is 14.4. The van der Waals surface area contributed by atoms with E-state index in [4.69, 9.17) is 9.47 Å². The van der Waals surface area contributed by atoms with E-state index in [0.29, 0.717) is 41.3 Å². The molecule has 1 unspecified atom stereocenters. The third kappa shape index (κ3) is 6.05. The maximum absolute atomic E-state index is 15.3. The van der Waals surface area contributed by atoms with Crippen LogP contribution in [0.15, 0.2) is 71.8 Å². The van der Waals surface area contributed by atoms with Gasteiger partial charge in [-0.05, 0) is 66.8 Å². The second kappa shape index (κ2) is 12.7. The van der Waals surface area contributed by atoms with Gasteiger partial charge >= 0.3 is 0 Å². The number of halogens is 2. The van der Waals surface area contributed by atoms with E-state index in [2.05, 4.69) is 25.6 Å². The van der Waals surface area contributed by atoms with Crippen LogP contribution in [0.2, 0.25) is 0 Å².